The van der Waals surface area contributed by atoms with Crippen molar-refractivity contribution in [2.45, 2.75) is 12.5 Å². The van der Waals surface area contributed by atoms with E-state index in [4.69, 9.17) is 5.11 Å². The van der Waals surface area contributed by atoms with Crippen molar-refractivity contribution >= 4 is 5.97 Å². The zero-order valence-electron chi connectivity index (χ0n) is 9.89. The lowest BCUT2D eigenvalue weighted by atomic mass is 10.1. The van der Waals surface area contributed by atoms with Gasteiger partial charge in [-0.15, -0.1) is 0 Å². The molecule has 0 aliphatic rings. The summed E-state index contributed by atoms with van der Waals surface area (Å²) in [6.07, 6.45) is 4.72. The number of aromatic nitrogens is 2. The Morgan fingerprint density at radius 3 is 2.74 bits per heavy atom. The monoisotopic (exact) mass is 263 g/mol. The lowest BCUT2D eigenvalue weighted by Gasteiger charge is -2.16. The Kier molecular flexibility index (Phi) is 3.56. The second-order valence-corrected chi connectivity index (χ2v) is 4.02. The van der Waals surface area contributed by atoms with E-state index in [1.165, 1.54) is 29.3 Å². The highest BCUT2D eigenvalue weighted by atomic mass is 16.4. The zero-order chi connectivity index (χ0) is 13.8. The molecule has 0 unspecified atom stereocenters. The Hall–Kier alpha value is -2.70. The van der Waals surface area contributed by atoms with E-state index in [0.717, 1.165) is 0 Å². The maximum Gasteiger partial charge on any atom is 0.328 e. The fraction of sp³-hybridized carbons (Fsp3) is 0.167. The van der Waals surface area contributed by atoms with Crippen LogP contribution >= 0.6 is 0 Å². The minimum Gasteiger partial charge on any atom is -0.504 e. The number of nitrogens with one attached hydrogen (secondary N) is 1. The molecule has 7 heteroatoms. The number of aliphatic carboxylic acids is 1. The van der Waals surface area contributed by atoms with E-state index in [0.29, 0.717) is 5.56 Å². The van der Waals surface area contributed by atoms with E-state index in [1.54, 1.807) is 12.3 Å². The standard InChI is InChI=1S/C12H13N3O4/c16-10-2-1-8(6-11(10)17)5-9(12(18)19)14-15-4-3-13-7-15/h1-4,6-7,9,14,16-17H,5H2,(H,18,19)/t9-/m0/s1. The number of imidazole rings is 1. The van der Waals surface area contributed by atoms with Crippen LogP contribution in [0.1, 0.15) is 5.56 Å². The summed E-state index contributed by atoms with van der Waals surface area (Å²) < 4.78 is 1.44. The summed E-state index contributed by atoms with van der Waals surface area (Å²) in [5.41, 5.74) is 3.34. The number of benzene rings is 1. The molecular formula is C12H13N3O4. The van der Waals surface area contributed by atoms with Gasteiger partial charge in [-0.05, 0) is 17.7 Å². The molecule has 1 aromatic heterocycles. The number of carboxylic acid groups (broad SMARTS) is 1. The van der Waals surface area contributed by atoms with E-state index in [1.807, 2.05) is 0 Å². The number of rotatable bonds is 5. The molecule has 4 N–H and O–H groups in total. The Morgan fingerprint density at radius 2 is 2.16 bits per heavy atom. The van der Waals surface area contributed by atoms with Gasteiger partial charge in [-0.3, -0.25) is 4.68 Å². The molecule has 0 fully saturated rings. The maximum atomic E-state index is 11.2. The fourth-order valence-corrected chi connectivity index (χ4v) is 1.64. The molecule has 2 aromatic rings. The number of phenolic OH excluding ortho intramolecular Hbond substituents is 2. The lowest BCUT2D eigenvalue weighted by molar-refractivity contribution is -0.138. The first kappa shape index (κ1) is 12.7. The van der Waals surface area contributed by atoms with Crippen LogP contribution in [0.2, 0.25) is 0 Å². The normalized spacial score (nSPS) is 12.0. The molecule has 0 aliphatic carbocycles. The van der Waals surface area contributed by atoms with Crippen molar-refractivity contribution in [1.29, 1.82) is 0 Å². The van der Waals surface area contributed by atoms with Crippen LogP contribution in [0.4, 0.5) is 0 Å². The van der Waals surface area contributed by atoms with Crippen molar-refractivity contribution in [2.75, 3.05) is 5.43 Å². The second kappa shape index (κ2) is 5.30. The Morgan fingerprint density at radius 1 is 1.37 bits per heavy atom. The van der Waals surface area contributed by atoms with Crippen molar-refractivity contribution in [2.24, 2.45) is 0 Å². The van der Waals surface area contributed by atoms with Crippen molar-refractivity contribution in [3.05, 3.63) is 42.5 Å². The summed E-state index contributed by atoms with van der Waals surface area (Å²) in [4.78, 5) is 15.0. The molecule has 1 heterocycles. The average molecular weight is 263 g/mol. The molecule has 2 rings (SSSR count). The van der Waals surface area contributed by atoms with Gasteiger partial charge >= 0.3 is 5.97 Å². The molecule has 100 valence electrons. The highest BCUT2D eigenvalue weighted by Crippen LogP contribution is 2.25. The molecule has 0 bridgehead atoms. The SMILES string of the molecule is O=C(O)[C@H](Cc1ccc(O)c(O)c1)Nn1ccnc1. The molecule has 1 aromatic carbocycles. The number of carboxylic acids is 1. The van der Waals surface area contributed by atoms with Gasteiger partial charge in [0.05, 0.1) is 0 Å². The number of aromatic hydroxyl groups is 2. The van der Waals surface area contributed by atoms with E-state index in [-0.39, 0.29) is 17.9 Å². The third-order valence-corrected chi connectivity index (χ3v) is 2.59. The molecule has 1 atom stereocenters. The van der Waals surface area contributed by atoms with Gasteiger partial charge in [0.25, 0.3) is 0 Å². The van der Waals surface area contributed by atoms with Gasteiger partial charge in [0.2, 0.25) is 0 Å². The molecule has 7 nitrogen and oxygen atoms in total. The summed E-state index contributed by atoms with van der Waals surface area (Å²) >= 11 is 0. The van der Waals surface area contributed by atoms with Gasteiger partial charge in [-0.2, -0.15) is 0 Å². The van der Waals surface area contributed by atoms with Crippen molar-refractivity contribution in [3.63, 3.8) is 0 Å². The molecule has 0 radical (unpaired) electrons. The van der Waals surface area contributed by atoms with E-state index < -0.39 is 12.0 Å². The predicted octanol–water partition coefficient (Wildman–Crippen LogP) is 0.534. The zero-order valence-corrected chi connectivity index (χ0v) is 9.89. The number of phenols is 2. The summed E-state index contributed by atoms with van der Waals surface area (Å²) in [5, 5.41) is 27.7. The van der Waals surface area contributed by atoms with Crippen LogP contribution < -0.4 is 5.43 Å². The summed E-state index contributed by atoms with van der Waals surface area (Å²) in [7, 11) is 0. The highest BCUT2D eigenvalue weighted by molar-refractivity contribution is 5.75. The van der Waals surface area contributed by atoms with Crippen LogP contribution in [-0.4, -0.2) is 37.0 Å². The van der Waals surface area contributed by atoms with E-state index in [9.17, 15) is 15.0 Å². The minimum atomic E-state index is -1.03. The first-order chi connectivity index (χ1) is 9.06. The summed E-state index contributed by atoms with van der Waals surface area (Å²) in [5.74, 6) is -1.54. The highest BCUT2D eigenvalue weighted by Gasteiger charge is 2.18. The lowest BCUT2D eigenvalue weighted by Crippen LogP contribution is -2.36. The third kappa shape index (κ3) is 3.15. The third-order valence-electron chi connectivity index (χ3n) is 2.59. The van der Waals surface area contributed by atoms with Crippen molar-refractivity contribution in [3.8, 4) is 11.5 Å². The van der Waals surface area contributed by atoms with Crippen LogP contribution in [-0.2, 0) is 11.2 Å². The second-order valence-electron chi connectivity index (χ2n) is 4.02. The van der Waals surface area contributed by atoms with E-state index in [2.05, 4.69) is 10.4 Å². The minimum absolute atomic E-state index is 0.154. The van der Waals surface area contributed by atoms with Crippen LogP contribution in [0, 0.1) is 0 Å². The van der Waals surface area contributed by atoms with Crippen LogP contribution in [0.15, 0.2) is 36.9 Å². The summed E-state index contributed by atoms with van der Waals surface area (Å²) in [6, 6.07) is 3.33. The smallest absolute Gasteiger partial charge is 0.328 e. The molecule has 0 saturated heterocycles. The summed E-state index contributed by atoms with van der Waals surface area (Å²) in [6.45, 7) is 0. The first-order valence-electron chi connectivity index (χ1n) is 5.54. The molecule has 0 aliphatic heterocycles. The van der Waals surface area contributed by atoms with Crippen LogP contribution in [0.25, 0.3) is 0 Å². The van der Waals surface area contributed by atoms with E-state index >= 15 is 0 Å². The van der Waals surface area contributed by atoms with Gasteiger partial charge in [-0.25, -0.2) is 9.78 Å². The van der Waals surface area contributed by atoms with Crippen LogP contribution in [0.5, 0.6) is 11.5 Å². The molecule has 0 saturated carbocycles. The van der Waals surface area contributed by atoms with Gasteiger partial charge in [0, 0.05) is 18.8 Å². The topological polar surface area (TPSA) is 108 Å². The number of carbonyl (C=O) groups is 1. The fourth-order valence-electron chi connectivity index (χ4n) is 1.64. The maximum absolute atomic E-state index is 11.2. The van der Waals surface area contributed by atoms with Gasteiger partial charge in [0.15, 0.2) is 11.5 Å². The van der Waals surface area contributed by atoms with Crippen LogP contribution in [0.3, 0.4) is 0 Å². The van der Waals surface area contributed by atoms with Gasteiger partial charge < -0.3 is 20.7 Å². The van der Waals surface area contributed by atoms with Gasteiger partial charge in [-0.1, -0.05) is 6.07 Å². The molecular weight excluding hydrogens is 250 g/mol. The van der Waals surface area contributed by atoms with Crippen molar-refractivity contribution in [1.82, 2.24) is 9.66 Å². The largest absolute Gasteiger partial charge is 0.504 e. The molecule has 0 amide bonds. The van der Waals surface area contributed by atoms with Gasteiger partial charge in [0.1, 0.15) is 12.4 Å². The first-order valence-corrected chi connectivity index (χ1v) is 5.54. The average Bonchev–Trinajstić information content (AvgIpc) is 2.86. The Balaban J connectivity index is 2.12. The quantitative estimate of drug-likeness (QED) is 0.586. The number of hydrogen-bond acceptors (Lipinski definition) is 5. The molecule has 0 spiro atoms. The Bertz CT molecular complexity index is 568. The predicted molar refractivity (Wildman–Crippen MR) is 66.5 cm³/mol. The molecule has 19 heavy (non-hydrogen) atoms. The van der Waals surface area contributed by atoms with Crippen molar-refractivity contribution < 1.29 is 20.1 Å². The number of hydrogen-bond donors (Lipinski definition) is 4. The Labute approximate surface area is 108 Å². The number of nitrogens with zero attached hydrogens (tertiary/aromatic N) is 2.